The Hall–Kier alpha value is -1.53. The van der Waals surface area contributed by atoms with E-state index in [2.05, 4.69) is 27.9 Å². The van der Waals surface area contributed by atoms with Crippen LogP contribution in [0.4, 0.5) is 0 Å². The average Bonchev–Trinajstić information content (AvgIpc) is 2.35. The maximum atomic E-state index is 10.7. The van der Waals surface area contributed by atoms with Crippen molar-refractivity contribution in [2.75, 3.05) is 19.4 Å². The highest BCUT2D eigenvalue weighted by atomic mass is 32.2. The van der Waals surface area contributed by atoms with E-state index in [0.29, 0.717) is 0 Å². The van der Waals surface area contributed by atoms with Crippen molar-refractivity contribution >= 4 is 10.1 Å². The van der Waals surface area contributed by atoms with E-state index in [4.69, 9.17) is 10.6 Å². The number of rotatable bonds is 4. The molecule has 1 N–H and O–H groups in total. The molecule has 136 valence electrons. The predicted molar refractivity (Wildman–Crippen MR) is 101 cm³/mol. The summed E-state index contributed by atoms with van der Waals surface area (Å²) in [5.41, 5.74) is -0.277. The molecule has 5 heteroatoms. The zero-order valence-electron chi connectivity index (χ0n) is 19.4. The van der Waals surface area contributed by atoms with Gasteiger partial charge < -0.3 is 5.11 Å². The SMILES string of the molecule is [2H]C([2H])(/C=C/C#CC(C)(C)C)OS(C)(=O)=O.[2H]C([2H])(O)/C=C/C#CC(C)(C)C. The molecule has 0 unspecified atom stereocenters. The minimum atomic E-state index is -3.82. The standard InChI is InChI=1S/C10H16O3S.C9H14O/c1-10(2,3)8-6-5-7-9-13-14(4,11)12;1-9(2,3)7-5-4-6-8-10/h5,7H,9H2,1-4H3;4,6,10H,8H2,1-3H3/b7-5+;6-4+/i9D2;8D2. The molecular formula is C19H30O4S. The molecule has 24 heavy (non-hydrogen) atoms. The van der Waals surface area contributed by atoms with Gasteiger partial charge in [-0.1, -0.05) is 29.8 Å². The predicted octanol–water partition coefficient (Wildman–Crippen LogP) is 3.15. The summed E-state index contributed by atoms with van der Waals surface area (Å²) in [6, 6.07) is 0. The Labute approximate surface area is 153 Å². The van der Waals surface area contributed by atoms with Crippen LogP contribution in [0.5, 0.6) is 0 Å². The Kier molecular flexibility index (Phi) is 8.59. The molecule has 0 spiro atoms. The molecule has 0 radical (unpaired) electrons. The maximum Gasteiger partial charge on any atom is 0.264 e. The van der Waals surface area contributed by atoms with E-state index in [0.717, 1.165) is 18.4 Å². The molecule has 0 aliphatic carbocycles. The second-order valence-electron chi connectivity index (χ2n) is 6.74. The first kappa shape index (κ1) is 17.3. The van der Waals surface area contributed by atoms with E-state index >= 15 is 0 Å². The van der Waals surface area contributed by atoms with Gasteiger partial charge in [-0.15, -0.1) is 0 Å². The molecule has 0 rings (SSSR count). The van der Waals surface area contributed by atoms with Crippen molar-refractivity contribution in [3.05, 3.63) is 24.3 Å². The summed E-state index contributed by atoms with van der Waals surface area (Å²) in [5.74, 6) is 11.0. The molecule has 0 atom stereocenters. The lowest BCUT2D eigenvalue weighted by molar-refractivity contribution is 0.343. The van der Waals surface area contributed by atoms with Gasteiger partial charge in [-0.3, -0.25) is 4.18 Å². The molecule has 0 saturated heterocycles. The molecule has 0 aromatic carbocycles. The van der Waals surface area contributed by atoms with Gasteiger partial charge in [0, 0.05) is 10.8 Å². The Morgan fingerprint density at radius 2 is 1.42 bits per heavy atom. The zero-order chi connectivity index (χ0) is 22.9. The third-order valence-electron chi connectivity index (χ3n) is 1.57. The van der Waals surface area contributed by atoms with Gasteiger partial charge in [-0.05, 0) is 59.8 Å². The average molecular weight is 359 g/mol. The Morgan fingerprint density at radius 1 is 1.00 bits per heavy atom. The molecule has 0 saturated carbocycles. The molecule has 0 aliphatic rings. The first-order chi connectivity index (χ1) is 12.1. The normalized spacial score (nSPS) is 15.7. The van der Waals surface area contributed by atoms with Crippen LogP contribution >= 0.6 is 0 Å². The summed E-state index contributed by atoms with van der Waals surface area (Å²) in [7, 11) is -3.82. The van der Waals surface area contributed by atoms with Gasteiger partial charge in [0.1, 0.15) is 0 Å². The monoisotopic (exact) mass is 358 g/mol. The molecule has 0 aromatic rings. The van der Waals surface area contributed by atoms with Crippen LogP contribution < -0.4 is 0 Å². The lowest BCUT2D eigenvalue weighted by Crippen LogP contribution is -2.01. The topological polar surface area (TPSA) is 63.6 Å². The summed E-state index contributed by atoms with van der Waals surface area (Å²) in [4.78, 5) is 0. The third-order valence-corrected chi connectivity index (χ3v) is 1.97. The van der Waals surface area contributed by atoms with Crippen molar-refractivity contribution in [2.45, 2.75) is 41.5 Å². The molecule has 0 heterocycles. The molecule has 0 amide bonds. The second-order valence-corrected chi connectivity index (χ2v) is 8.31. The van der Waals surface area contributed by atoms with Gasteiger partial charge in [0.05, 0.1) is 24.9 Å². The fourth-order valence-corrected chi connectivity index (χ4v) is 1.02. The van der Waals surface area contributed by atoms with Crippen molar-refractivity contribution < 1.29 is 23.2 Å². The van der Waals surface area contributed by atoms with Crippen LogP contribution in [-0.2, 0) is 14.3 Å². The largest absolute Gasteiger partial charge is 0.392 e. The van der Waals surface area contributed by atoms with E-state index in [1.54, 1.807) is 0 Å². The van der Waals surface area contributed by atoms with Crippen LogP contribution in [0.25, 0.3) is 0 Å². The van der Waals surface area contributed by atoms with Crippen molar-refractivity contribution in [1.29, 1.82) is 0 Å². The van der Waals surface area contributed by atoms with Gasteiger partial charge in [0.15, 0.2) is 0 Å². The van der Waals surface area contributed by atoms with E-state index in [1.165, 1.54) is 12.2 Å². The highest BCUT2D eigenvalue weighted by molar-refractivity contribution is 7.85. The van der Waals surface area contributed by atoms with Crippen molar-refractivity contribution in [3.63, 3.8) is 0 Å². The minimum absolute atomic E-state index is 0.0908. The van der Waals surface area contributed by atoms with Crippen LogP contribution in [0.1, 0.15) is 47.0 Å². The fraction of sp³-hybridized carbons (Fsp3) is 0.579. The summed E-state index contributed by atoms with van der Waals surface area (Å²) >= 11 is 0. The van der Waals surface area contributed by atoms with Gasteiger partial charge >= 0.3 is 0 Å². The third kappa shape index (κ3) is 28.6. The van der Waals surface area contributed by atoms with Gasteiger partial charge in [-0.2, -0.15) is 8.42 Å². The molecule has 4 nitrogen and oxygen atoms in total. The molecule has 0 bridgehead atoms. The van der Waals surface area contributed by atoms with Crippen molar-refractivity contribution in [1.82, 2.24) is 0 Å². The maximum absolute atomic E-state index is 10.7. The number of hydrogen-bond donors (Lipinski definition) is 1. The first-order valence-electron chi connectivity index (χ1n) is 9.16. The number of allylic oxidation sites excluding steroid dienone is 2. The molecule has 0 fully saturated rings. The van der Waals surface area contributed by atoms with Crippen LogP contribution in [0, 0.1) is 34.5 Å². The highest BCUT2D eigenvalue weighted by Crippen LogP contribution is 2.09. The zero-order valence-corrected chi connectivity index (χ0v) is 16.2. The molecule has 0 aromatic heterocycles. The van der Waals surface area contributed by atoms with Crippen molar-refractivity contribution in [2.24, 2.45) is 10.8 Å². The summed E-state index contributed by atoms with van der Waals surface area (Å²) in [5, 5.41) is 8.63. The fourth-order valence-electron chi connectivity index (χ4n) is 0.786. The van der Waals surface area contributed by atoms with E-state index in [-0.39, 0.29) is 10.8 Å². The van der Waals surface area contributed by atoms with Crippen LogP contribution in [0.3, 0.4) is 0 Å². The number of hydrogen-bond acceptors (Lipinski definition) is 4. The van der Waals surface area contributed by atoms with Crippen molar-refractivity contribution in [3.8, 4) is 23.7 Å². The van der Waals surface area contributed by atoms with Gasteiger partial charge in [-0.25, -0.2) is 0 Å². The lowest BCUT2D eigenvalue weighted by Gasteiger charge is -2.05. The number of aliphatic hydroxyl groups is 1. The summed E-state index contributed by atoms with van der Waals surface area (Å²) in [6.45, 7) is 7.00. The highest BCUT2D eigenvalue weighted by Gasteiger charge is 2.02. The van der Waals surface area contributed by atoms with E-state index in [9.17, 15) is 8.42 Å². The van der Waals surface area contributed by atoms with Crippen LogP contribution in [0.2, 0.25) is 0 Å². The Balaban J connectivity index is 0. The summed E-state index contributed by atoms with van der Waals surface area (Å²) in [6.07, 6.45) is 5.35. The summed E-state index contributed by atoms with van der Waals surface area (Å²) < 4.78 is 53.5. The smallest absolute Gasteiger partial charge is 0.264 e. The molecule has 0 aliphatic heterocycles. The lowest BCUT2D eigenvalue weighted by atomic mass is 9.98. The van der Waals surface area contributed by atoms with Crippen LogP contribution in [-0.4, -0.2) is 32.9 Å². The van der Waals surface area contributed by atoms with E-state index in [1.807, 2.05) is 41.5 Å². The first-order valence-corrected chi connectivity index (χ1v) is 8.97. The Morgan fingerprint density at radius 3 is 1.75 bits per heavy atom. The molecular weight excluding hydrogens is 324 g/mol. The van der Waals surface area contributed by atoms with E-state index < -0.39 is 23.2 Å². The van der Waals surface area contributed by atoms with Gasteiger partial charge in [0.25, 0.3) is 10.1 Å². The van der Waals surface area contributed by atoms with Gasteiger partial charge in [0.2, 0.25) is 0 Å². The van der Waals surface area contributed by atoms with Crippen LogP contribution in [0.15, 0.2) is 24.3 Å². The Bertz CT molecular complexity index is 771. The minimum Gasteiger partial charge on any atom is -0.392 e. The second kappa shape index (κ2) is 11.9. The quantitative estimate of drug-likeness (QED) is 0.619.